The number of unbranched alkanes of at least 4 members (excludes halogenated alkanes) is 1. The number of benzene rings is 1. The van der Waals surface area contributed by atoms with Gasteiger partial charge in [-0.3, -0.25) is 4.79 Å². The van der Waals surface area contributed by atoms with Gasteiger partial charge in [0.15, 0.2) is 0 Å². The van der Waals surface area contributed by atoms with Crippen molar-refractivity contribution in [1.82, 2.24) is 0 Å². The third-order valence-electron chi connectivity index (χ3n) is 6.16. The van der Waals surface area contributed by atoms with Crippen LogP contribution < -0.4 is 0 Å². The first kappa shape index (κ1) is 28.3. The van der Waals surface area contributed by atoms with Crippen LogP contribution in [0.5, 0.6) is 0 Å². The molecule has 0 bridgehead atoms. The number of hydrogen-bond donors (Lipinski definition) is 3. The van der Waals surface area contributed by atoms with E-state index in [0.717, 1.165) is 19.3 Å². The molecule has 1 aromatic rings. The summed E-state index contributed by atoms with van der Waals surface area (Å²) < 4.78 is 5.12. The van der Waals surface area contributed by atoms with E-state index in [1.807, 2.05) is 38.1 Å². The number of esters is 1. The number of hydrogen-bond acceptors (Lipinski definition) is 5. The van der Waals surface area contributed by atoms with Gasteiger partial charge < -0.3 is 20.1 Å². The third-order valence-corrected chi connectivity index (χ3v) is 6.16. The first-order valence-corrected chi connectivity index (χ1v) is 11.8. The molecular weight excluding hydrogens is 404 g/mol. The van der Waals surface area contributed by atoms with Crippen LogP contribution in [0.3, 0.4) is 0 Å². The average Bonchev–Trinajstić information content (AvgIpc) is 3.00. The van der Waals surface area contributed by atoms with Crippen molar-refractivity contribution in [2.75, 3.05) is 0 Å². The molecule has 3 N–H and O–H groups in total. The zero-order valence-corrected chi connectivity index (χ0v) is 19.0. The molecule has 1 aliphatic rings. The Hall–Kier alpha value is -1.69. The van der Waals surface area contributed by atoms with Gasteiger partial charge in [0.05, 0.1) is 24.4 Å². The molecule has 0 aromatic heterocycles. The second kappa shape index (κ2) is 15.2. The van der Waals surface area contributed by atoms with Gasteiger partial charge in [-0.05, 0) is 82.6 Å². The molecule has 2 rings (SSSR count). The lowest BCUT2D eigenvalue weighted by Gasteiger charge is -2.23. The molecule has 5 nitrogen and oxygen atoms in total. The number of carbonyl (C=O) groups is 1. The molecule has 1 aromatic carbocycles. The highest BCUT2D eigenvalue weighted by atomic mass is 16.5. The lowest BCUT2D eigenvalue weighted by atomic mass is 9.85. The maximum Gasteiger partial charge on any atom is 0.306 e. The highest BCUT2D eigenvalue weighted by Gasteiger charge is 2.40. The highest BCUT2D eigenvalue weighted by molar-refractivity contribution is 5.69. The summed E-state index contributed by atoms with van der Waals surface area (Å²) in [5.41, 5.74) is 1.22. The highest BCUT2D eigenvalue weighted by Crippen LogP contribution is 2.38. The van der Waals surface area contributed by atoms with Crippen LogP contribution in [0, 0.1) is 11.8 Å². The van der Waals surface area contributed by atoms with Gasteiger partial charge in [0.2, 0.25) is 0 Å². The van der Waals surface area contributed by atoms with E-state index in [2.05, 4.69) is 18.2 Å². The van der Waals surface area contributed by atoms with E-state index in [4.69, 9.17) is 4.74 Å². The van der Waals surface area contributed by atoms with Crippen LogP contribution in [0.25, 0.3) is 0 Å². The van der Waals surface area contributed by atoms with Crippen molar-refractivity contribution in [3.8, 4) is 0 Å². The molecule has 0 amide bonds. The summed E-state index contributed by atoms with van der Waals surface area (Å²) in [6.07, 6.45) is 8.58. The van der Waals surface area contributed by atoms with Gasteiger partial charge in [-0.2, -0.15) is 0 Å². The minimum absolute atomic E-state index is 0. The molecular formula is C27H44O5. The summed E-state index contributed by atoms with van der Waals surface area (Å²) in [5, 5.41) is 31.2. The minimum Gasteiger partial charge on any atom is -0.463 e. The van der Waals surface area contributed by atoms with E-state index in [1.54, 1.807) is 0 Å². The van der Waals surface area contributed by atoms with Gasteiger partial charge in [-0.15, -0.1) is 0 Å². The molecule has 5 heteroatoms. The molecule has 0 unspecified atom stereocenters. The van der Waals surface area contributed by atoms with Crippen LogP contribution in [0.4, 0.5) is 0 Å². The second-order valence-electron chi connectivity index (χ2n) is 9.09. The minimum atomic E-state index is -0.513. The maximum atomic E-state index is 11.5. The molecule has 0 radical (unpaired) electrons. The Balaban J connectivity index is 0.00000512. The maximum absolute atomic E-state index is 11.5. The summed E-state index contributed by atoms with van der Waals surface area (Å²) in [7, 11) is 0. The van der Waals surface area contributed by atoms with E-state index in [9.17, 15) is 20.1 Å². The molecule has 1 saturated carbocycles. The van der Waals surface area contributed by atoms with Crippen LogP contribution in [-0.2, 0) is 16.0 Å². The lowest BCUT2D eigenvalue weighted by Crippen LogP contribution is -2.23. The van der Waals surface area contributed by atoms with Gasteiger partial charge in [0.25, 0.3) is 0 Å². The molecule has 182 valence electrons. The summed E-state index contributed by atoms with van der Waals surface area (Å²) in [4.78, 5) is 11.5. The average molecular weight is 449 g/mol. The fraction of sp³-hybridized carbons (Fsp3) is 0.667. The van der Waals surface area contributed by atoms with Crippen molar-refractivity contribution < 1.29 is 24.9 Å². The molecule has 1 aliphatic carbocycles. The fourth-order valence-corrected chi connectivity index (χ4v) is 4.47. The van der Waals surface area contributed by atoms with Crippen LogP contribution in [-0.4, -0.2) is 45.7 Å². The third kappa shape index (κ3) is 10.3. The van der Waals surface area contributed by atoms with Crippen LogP contribution in [0.15, 0.2) is 42.5 Å². The first-order chi connectivity index (χ1) is 14.9. The van der Waals surface area contributed by atoms with Crippen molar-refractivity contribution >= 4 is 5.97 Å². The first-order valence-electron chi connectivity index (χ1n) is 11.8. The van der Waals surface area contributed by atoms with Gasteiger partial charge in [-0.1, -0.05) is 49.9 Å². The molecule has 1 fully saturated rings. The molecule has 0 aliphatic heterocycles. The largest absolute Gasteiger partial charge is 0.463 e. The number of aryl methyl sites for hydroxylation is 1. The monoisotopic (exact) mass is 448 g/mol. The normalized spacial score (nSPS) is 23.9. The predicted molar refractivity (Wildman–Crippen MR) is 129 cm³/mol. The Morgan fingerprint density at radius 3 is 2.47 bits per heavy atom. The van der Waals surface area contributed by atoms with Crippen LogP contribution in [0.1, 0.15) is 78.2 Å². The summed E-state index contributed by atoms with van der Waals surface area (Å²) in [6, 6.07) is 10.1. The van der Waals surface area contributed by atoms with E-state index < -0.39 is 18.3 Å². The Morgan fingerprint density at radius 1 is 1.09 bits per heavy atom. The second-order valence-corrected chi connectivity index (χ2v) is 9.09. The lowest BCUT2D eigenvalue weighted by molar-refractivity contribution is -0.147. The van der Waals surface area contributed by atoms with E-state index >= 15 is 0 Å². The Morgan fingerprint density at radius 2 is 1.78 bits per heavy atom. The van der Waals surface area contributed by atoms with Gasteiger partial charge in [0.1, 0.15) is 0 Å². The van der Waals surface area contributed by atoms with Crippen molar-refractivity contribution in [3.05, 3.63) is 48.0 Å². The summed E-state index contributed by atoms with van der Waals surface area (Å²) >= 11 is 0. The number of carbonyl (C=O) groups excluding carboxylic acids is 1. The van der Waals surface area contributed by atoms with Crippen LogP contribution in [0.2, 0.25) is 0 Å². The van der Waals surface area contributed by atoms with Crippen molar-refractivity contribution in [1.29, 1.82) is 0 Å². The van der Waals surface area contributed by atoms with Crippen molar-refractivity contribution in [2.45, 2.75) is 103 Å². The zero-order chi connectivity index (χ0) is 22.6. The summed E-state index contributed by atoms with van der Waals surface area (Å²) in [6.45, 7) is 3.69. The number of aliphatic hydroxyl groups excluding tert-OH is 3. The quantitative estimate of drug-likeness (QED) is 0.229. The van der Waals surface area contributed by atoms with Crippen molar-refractivity contribution in [2.24, 2.45) is 11.8 Å². The number of aliphatic hydroxyl groups is 3. The van der Waals surface area contributed by atoms with E-state index in [1.165, 1.54) is 5.56 Å². The van der Waals surface area contributed by atoms with Crippen LogP contribution >= 0.6 is 0 Å². The summed E-state index contributed by atoms with van der Waals surface area (Å²) in [5.74, 6) is -0.144. The molecule has 32 heavy (non-hydrogen) atoms. The SMILES string of the molecule is C.CC(C)OC(=O)CCC/C=C\C[C@@H]1[C@@H](CC[C@@H](O)CCc2ccccc2)[C@H](O)C[C@@H]1O. The fourth-order valence-electron chi connectivity index (χ4n) is 4.47. The number of rotatable bonds is 13. The van der Waals surface area contributed by atoms with E-state index in [0.29, 0.717) is 38.5 Å². The topological polar surface area (TPSA) is 87.0 Å². The Kier molecular flexibility index (Phi) is 13.5. The Labute approximate surface area is 194 Å². The standard InChI is InChI=1S/C26H40O5.CH4/c1-19(2)31-26(30)13-9-4-3-8-12-22-23(25(29)18-24(22)28)17-16-21(27)15-14-20-10-6-5-7-11-20;/h3,5-8,10-11,19,21-25,27-29H,4,9,12-18H2,1-2H3;1H4/b8-3-;/t21-,22+,23+,24-,25+;/m0./s1. The molecule has 0 saturated heterocycles. The number of allylic oxidation sites excluding steroid dienone is 2. The number of ether oxygens (including phenoxy) is 1. The smallest absolute Gasteiger partial charge is 0.306 e. The van der Waals surface area contributed by atoms with E-state index in [-0.39, 0.29) is 31.3 Å². The predicted octanol–water partition coefficient (Wildman–Crippen LogP) is 4.82. The molecule has 5 atom stereocenters. The molecule has 0 spiro atoms. The van der Waals surface area contributed by atoms with Gasteiger partial charge in [-0.25, -0.2) is 0 Å². The zero-order valence-electron chi connectivity index (χ0n) is 19.0. The van der Waals surface area contributed by atoms with Gasteiger partial charge >= 0.3 is 5.97 Å². The van der Waals surface area contributed by atoms with Gasteiger partial charge in [0, 0.05) is 6.42 Å². The Bertz CT molecular complexity index is 657. The molecule has 0 heterocycles. The van der Waals surface area contributed by atoms with Crippen molar-refractivity contribution in [3.63, 3.8) is 0 Å².